The van der Waals surface area contributed by atoms with E-state index in [0.717, 1.165) is 6.07 Å². The van der Waals surface area contributed by atoms with Gasteiger partial charge in [-0.1, -0.05) is 23.7 Å². The number of methoxy groups -OCH3 is 1. The SMILES string of the molecule is COc1ccccc1OCCC(=O)OCC(=O)Nc1ccc(Cl)c([N+](=O)[O-])c1. The number of carbonyl (C=O) groups is 2. The molecule has 1 N–H and O–H groups in total. The third-order valence-electron chi connectivity index (χ3n) is 3.42. The first kappa shape index (κ1) is 21.0. The molecule has 2 aromatic carbocycles. The van der Waals surface area contributed by atoms with Gasteiger partial charge in [0.15, 0.2) is 18.1 Å². The molecule has 0 saturated carbocycles. The molecule has 9 nitrogen and oxygen atoms in total. The summed E-state index contributed by atoms with van der Waals surface area (Å²) in [5, 5.41) is 13.2. The van der Waals surface area contributed by atoms with Crippen LogP contribution in [-0.4, -0.2) is 37.1 Å². The van der Waals surface area contributed by atoms with Crippen LogP contribution in [0.2, 0.25) is 5.02 Å². The fourth-order valence-corrected chi connectivity index (χ4v) is 2.31. The maximum Gasteiger partial charge on any atom is 0.309 e. The lowest BCUT2D eigenvalue weighted by Gasteiger charge is -2.10. The first-order chi connectivity index (χ1) is 13.4. The van der Waals surface area contributed by atoms with E-state index < -0.39 is 23.4 Å². The number of rotatable bonds is 9. The summed E-state index contributed by atoms with van der Waals surface area (Å²) in [6.45, 7) is -0.492. The lowest BCUT2D eigenvalue weighted by Crippen LogP contribution is -2.21. The van der Waals surface area contributed by atoms with Gasteiger partial charge < -0.3 is 19.5 Å². The fraction of sp³-hybridized carbons (Fsp3) is 0.222. The average Bonchev–Trinajstić information content (AvgIpc) is 2.68. The van der Waals surface area contributed by atoms with Crippen LogP contribution in [0.3, 0.4) is 0 Å². The Hall–Kier alpha value is -3.33. The molecule has 0 bridgehead atoms. The summed E-state index contributed by atoms with van der Waals surface area (Å²) < 4.78 is 15.4. The molecule has 0 aliphatic heterocycles. The molecule has 0 fully saturated rings. The number of halogens is 1. The summed E-state index contributed by atoms with van der Waals surface area (Å²) in [5.41, 5.74) is -0.179. The molecule has 0 heterocycles. The van der Waals surface area contributed by atoms with Crippen molar-refractivity contribution < 1.29 is 28.7 Å². The smallest absolute Gasteiger partial charge is 0.309 e. The molecule has 148 valence electrons. The Kier molecular flexibility index (Phi) is 7.58. The van der Waals surface area contributed by atoms with E-state index in [1.54, 1.807) is 24.3 Å². The minimum absolute atomic E-state index is 0.0458. The van der Waals surface area contributed by atoms with Gasteiger partial charge >= 0.3 is 5.97 Å². The predicted molar refractivity (Wildman–Crippen MR) is 101 cm³/mol. The Bertz CT molecular complexity index is 873. The molecule has 0 radical (unpaired) electrons. The Labute approximate surface area is 165 Å². The van der Waals surface area contributed by atoms with Crippen LogP contribution in [-0.2, 0) is 14.3 Å². The Morgan fingerprint density at radius 2 is 1.89 bits per heavy atom. The Morgan fingerprint density at radius 3 is 2.57 bits per heavy atom. The van der Waals surface area contributed by atoms with E-state index in [-0.39, 0.29) is 29.4 Å². The summed E-state index contributed by atoms with van der Waals surface area (Å²) in [5.74, 6) is -0.255. The van der Waals surface area contributed by atoms with Crippen LogP contribution in [0.25, 0.3) is 0 Å². The summed E-state index contributed by atoms with van der Waals surface area (Å²) in [6, 6.07) is 10.8. The van der Waals surface area contributed by atoms with Crippen LogP contribution in [0.4, 0.5) is 11.4 Å². The van der Waals surface area contributed by atoms with E-state index in [1.165, 1.54) is 19.2 Å². The van der Waals surface area contributed by atoms with E-state index in [4.69, 9.17) is 25.8 Å². The summed E-state index contributed by atoms with van der Waals surface area (Å²) in [7, 11) is 1.50. The quantitative estimate of drug-likeness (QED) is 0.384. The van der Waals surface area contributed by atoms with E-state index >= 15 is 0 Å². The van der Waals surface area contributed by atoms with Gasteiger partial charge in [-0.2, -0.15) is 0 Å². The Balaban J connectivity index is 1.76. The predicted octanol–water partition coefficient (Wildman–Crippen LogP) is 3.21. The number of nitrogens with one attached hydrogen (secondary N) is 1. The van der Waals surface area contributed by atoms with E-state index in [0.29, 0.717) is 11.5 Å². The highest BCUT2D eigenvalue weighted by Gasteiger charge is 2.15. The number of benzene rings is 2. The summed E-state index contributed by atoms with van der Waals surface area (Å²) in [6.07, 6.45) is -0.0717. The number of nitro groups is 1. The van der Waals surface area contributed by atoms with Crippen molar-refractivity contribution in [2.75, 3.05) is 25.6 Å². The van der Waals surface area contributed by atoms with Gasteiger partial charge in [0, 0.05) is 11.8 Å². The molecule has 0 unspecified atom stereocenters. The highest BCUT2D eigenvalue weighted by molar-refractivity contribution is 6.32. The second-order valence-corrected chi connectivity index (χ2v) is 5.79. The van der Waals surface area contributed by atoms with Gasteiger partial charge in [-0.3, -0.25) is 19.7 Å². The molecule has 2 aromatic rings. The molecule has 0 saturated heterocycles. The van der Waals surface area contributed by atoms with Crippen LogP contribution < -0.4 is 14.8 Å². The number of hydrogen-bond donors (Lipinski definition) is 1. The second-order valence-electron chi connectivity index (χ2n) is 5.38. The zero-order valence-corrected chi connectivity index (χ0v) is 15.6. The van der Waals surface area contributed by atoms with Gasteiger partial charge in [0.1, 0.15) is 5.02 Å². The standard InChI is InChI=1S/C18H17ClN2O7/c1-26-15-4-2-3-5-16(15)27-9-8-18(23)28-11-17(22)20-12-6-7-13(19)14(10-12)21(24)25/h2-7,10H,8-9,11H2,1H3,(H,20,22). The molecule has 2 rings (SSSR count). The van der Waals surface area contributed by atoms with E-state index in [9.17, 15) is 19.7 Å². The lowest BCUT2D eigenvalue weighted by molar-refractivity contribution is -0.384. The van der Waals surface area contributed by atoms with Gasteiger partial charge in [0.2, 0.25) is 0 Å². The van der Waals surface area contributed by atoms with Crippen molar-refractivity contribution in [2.24, 2.45) is 0 Å². The number of amides is 1. The van der Waals surface area contributed by atoms with Crippen molar-refractivity contribution in [3.8, 4) is 11.5 Å². The fourth-order valence-electron chi connectivity index (χ4n) is 2.13. The number of ether oxygens (including phenoxy) is 3. The molecule has 0 aromatic heterocycles. The third kappa shape index (κ3) is 6.13. The van der Waals surface area contributed by atoms with Crippen molar-refractivity contribution >= 4 is 34.9 Å². The number of nitrogens with zero attached hydrogens (tertiary/aromatic N) is 1. The number of nitro benzene ring substituents is 1. The highest BCUT2D eigenvalue weighted by atomic mass is 35.5. The monoisotopic (exact) mass is 408 g/mol. The number of carbonyl (C=O) groups excluding carboxylic acids is 2. The maximum absolute atomic E-state index is 11.8. The Morgan fingerprint density at radius 1 is 1.18 bits per heavy atom. The maximum atomic E-state index is 11.8. The van der Waals surface area contributed by atoms with Crippen LogP contribution in [0.1, 0.15) is 6.42 Å². The van der Waals surface area contributed by atoms with E-state index in [1.807, 2.05) is 0 Å². The van der Waals surface area contributed by atoms with Gasteiger partial charge in [-0.15, -0.1) is 0 Å². The van der Waals surface area contributed by atoms with Crippen molar-refractivity contribution in [3.05, 3.63) is 57.6 Å². The van der Waals surface area contributed by atoms with Crippen LogP contribution in [0.5, 0.6) is 11.5 Å². The largest absolute Gasteiger partial charge is 0.493 e. The van der Waals surface area contributed by atoms with Gasteiger partial charge in [0.05, 0.1) is 25.1 Å². The number of anilines is 1. The van der Waals surface area contributed by atoms with Gasteiger partial charge in [-0.05, 0) is 24.3 Å². The van der Waals surface area contributed by atoms with Crippen molar-refractivity contribution in [2.45, 2.75) is 6.42 Å². The first-order valence-electron chi connectivity index (χ1n) is 8.06. The molecule has 0 aliphatic rings. The second kappa shape index (κ2) is 10.1. The minimum Gasteiger partial charge on any atom is -0.493 e. The minimum atomic E-state index is -0.667. The molecule has 0 spiro atoms. The summed E-state index contributed by atoms with van der Waals surface area (Å²) >= 11 is 5.70. The van der Waals surface area contributed by atoms with Crippen LogP contribution >= 0.6 is 11.6 Å². The van der Waals surface area contributed by atoms with Gasteiger partial charge in [-0.25, -0.2) is 0 Å². The van der Waals surface area contributed by atoms with Crippen molar-refractivity contribution in [1.82, 2.24) is 0 Å². The van der Waals surface area contributed by atoms with Crippen LogP contribution in [0.15, 0.2) is 42.5 Å². The first-order valence-corrected chi connectivity index (χ1v) is 8.43. The number of hydrogen-bond acceptors (Lipinski definition) is 7. The topological polar surface area (TPSA) is 117 Å². The van der Waals surface area contributed by atoms with Gasteiger partial charge in [0.25, 0.3) is 11.6 Å². The van der Waals surface area contributed by atoms with Crippen LogP contribution in [0, 0.1) is 10.1 Å². The molecule has 0 atom stereocenters. The third-order valence-corrected chi connectivity index (χ3v) is 3.74. The molecular formula is C18H17ClN2O7. The molecular weight excluding hydrogens is 392 g/mol. The zero-order chi connectivity index (χ0) is 20.5. The summed E-state index contributed by atoms with van der Waals surface area (Å²) in [4.78, 5) is 33.7. The van der Waals surface area contributed by atoms with Crippen molar-refractivity contribution in [3.63, 3.8) is 0 Å². The zero-order valence-electron chi connectivity index (χ0n) is 14.8. The molecule has 1 amide bonds. The lowest BCUT2D eigenvalue weighted by atomic mass is 10.3. The number of esters is 1. The average molecular weight is 409 g/mol. The molecule has 10 heteroatoms. The molecule has 0 aliphatic carbocycles. The van der Waals surface area contributed by atoms with Crippen molar-refractivity contribution in [1.29, 1.82) is 0 Å². The number of para-hydroxylation sites is 2. The normalized spacial score (nSPS) is 10.1. The molecule has 28 heavy (non-hydrogen) atoms. The highest BCUT2D eigenvalue weighted by Crippen LogP contribution is 2.27. The van der Waals surface area contributed by atoms with E-state index in [2.05, 4.69) is 5.32 Å².